The molecule has 1 fully saturated rings. The molecule has 1 aliphatic rings. The molecule has 1 aromatic rings. The molecule has 1 saturated carbocycles. The van der Waals surface area contributed by atoms with Crippen molar-refractivity contribution in [2.24, 2.45) is 11.7 Å². The van der Waals surface area contributed by atoms with Crippen LogP contribution in [0.25, 0.3) is 0 Å². The van der Waals surface area contributed by atoms with Gasteiger partial charge in [0, 0.05) is 12.7 Å². The second-order valence-corrected chi connectivity index (χ2v) is 5.61. The lowest BCUT2D eigenvalue weighted by Gasteiger charge is -2.27. The van der Waals surface area contributed by atoms with Crippen LogP contribution in [0.2, 0.25) is 0 Å². The number of halogens is 2. The first-order valence-electron chi connectivity index (χ1n) is 7.42. The van der Waals surface area contributed by atoms with Gasteiger partial charge in [-0.3, -0.25) is 4.79 Å². The highest BCUT2D eigenvalue weighted by Crippen LogP contribution is 2.36. The molecule has 6 heteroatoms. The van der Waals surface area contributed by atoms with Gasteiger partial charge in [0.2, 0.25) is 5.91 Å². The lowest BCUT2D eigenvalue weighted by atomic mass is 9.91. The molecule has 124 valence electrons. The monoisotopic (exact) mass is 330 g/mol. The largest absolute Gasteiger partial charge is 0.383 e. The fourth-order valence-electron chi connectivity index (χ4n) is 2.98. The predicted molar refractivity (Wildman–Crippen MR) is 86.3 cm³/mol. The number of nitrogens with one attached hydrogen (secondary N) is 1. The number of methoxy groups -OCH3 is 1. The Hall–Kier alpha value is -1.17. The third kappa shape index (κ3) is 4.66. The number of rotatable bonds is 6. The first-order valence-corrected chi connectivity index (χ1v) is 7.42. The Morgan fingerprint density at radius 2 is 2.05 bits per heavy atom. The van der Waals surface area contributed by atoms with Gasteiger partial charge in [-0.05, 0) is 24.8 Å². The summed E-state index contributed by atoms with van der Waals surface area (Å²) in [4.78, 5) is 12.1. The van der Waals surface area contributed by atoms with Crippen LogP contribution in [0.15, 0.2) is 24.3 Å². The second kappa shape index (κ2) is 9.08. The van der Waals surface area contributed by atoms with Crippen LogP contribution < -0.4 is 11.1 Å². The molecule has 0 saturated heterocycles. The summed E-state index contributed by atoms with van der Waals surface area (Å²) in [5, 5.41) is 2.92. The van der Waals surface area contributed by atoms with Crippen LogP contribution in [0.3, 0.4) is 0 Å². The van der Waals surface area contributed by atoms with Gasteiger partial charge >= 0.3 is 0 Å². The first kappa shape index (κ1) is 18.9. The van der Waals surface area contributed by atoms with Crippen LogP contribution in [0.1, 0.15) is 37.3 Å². The summed E-state index contributed by atoms with van der Waals surface area (Å²) in [6, 6.07) is 5.57. The van der Waals surface area contributed by atoms with Gasteiger partial charge in [-0.25, -0.2) is 4.39 Å². The van der Waals surface area contributed by atoms with Gasteiger partial charge in [0.1, 0.15) is 11.9 Å². The fraction of sp³-hybridized carbons (Fsp3) is 0.562. The number of carbonyl (C=O) groups excluding carboxylic acids is 1. The highest BCUT2D eigenvalue weighted by molar-refractivity contribution is 5.85. The van der Waals surface area contributed by atoms with Crippen molar-refractivity contribution >= 4 is 18.3 Å². The molecule has 0 heterocycles. The Labute approximate surface area is 137 Å². The van der Waals surface area contributed by atoms with Crippen molar-refractivity contribution in [1.29, 1.82) is 0 Å². The third-order valence-corrected chi connectivity index (χ3v) is 4.09. The molecule has 0 aromatic heterocycles. The lowest BCUT2D eigenvalue weighted by molar-refractivity contribution is -0.124. The molecule has 1 aromatic carbocycles. The van der Waals surface area contributed by atoms with Gasteiger partial charge in [-0.1, -0.05) is 31.0 Å². The summed E-state index contributed by atoms with van der Waals surface area (Å²) in [6.45, 7) is 0.153. The highest BCUT2D eigenvalue weighted by Gasteiger charge is 2.30. The van der Waals surface area contributed by atoms with E-state index < -0.39 is 6.04 Å². The van der Waals surface area contributed by atoms with Gasteiger partial charge in [-0.15, -0.1) is 12.4 Å². The lowest BCUT2D eigenvalue weighted by Crippen LogP contribution is -2.46. The number of carbonyl (C=O) groups is 1. The van der Waals surface area contributed by atoms with Crippen molar-refractivity contribution in [3.8, 4) is 0 Å². The predicted octanol–water partition coefficient (Wildman–Crippen LogP) is 2.57. The maximum atomic E-state index is 14.1. The smallest absolute Gasteiger partial charge is 0.239 e. The number of benzene rings is 1. The van der Waals surface area contributed by atoms with Crippen LogP contribution in [-0.2, 0) is 9.53 Å². The van der Waals surface area contributed by atoms with Gasteiger partial charge in [0.25, 0.3) is 0 Å². The third-order valence-electron chi connectivity index (χ3n) is 4.09. The summed E-state index contributed by atoms with van der Waals surface area (Å²) in [6.07, 6.45) is 4.24. The minimum absolute atomic E-state index is 0. The number of ether oxygens (including phenoxy) is 1. The minimum atomic E-state index is -0.731. The molecule has 0 aliphatic heterocycles. The molecule has 2 atom stereocenters. The van der Waals surface area contributed by atoms with Gasteiger partial charge in [-0.2, -0.15) is 0 Å². The second-order valence-electron chi connectivity index (χ2n) is 5.61. The SMILES string of the molecule is COCC(N)C(=O)NC(c1ccccc1F)C1CCCC1.Cl. The van der Waals surface area contributed by atoms with Gasteiger partial charge < -0.3 is 15.8 Å². The molecular formula is C16H24ClFN2O2. The average molecular weight is 331 g/mol. The van der Waals surface area contributed by atoms with Crippen molar-refractivity contribution in [2.45, 2.75) is 37.8 Å². The Balaban J connectivity index is 0.00000242. The van der Waals surface area contributed by atoms with E-state index >= 15 is 0 Å². The number of hydrogen-bond donors (Lipinski definition) is 2. The van der Waals surface area contributed by atoms with E-state index in [9.17, 15) is 9.18 Å². The van der Waals surface area contributed by atoms with E-state index in [1.165, 1.54) is 13.2 Å². The van der Waals surface area contributed by atoms with E-state index in [1.54, 1.807) is 18.2 Å². The van der Waals surface area contributed by atoms with Crippen molar-refractivity contribution in [3.63, 3.8) is 0 Å². The van der Waals surface area contributed by atoms with Gasteiger partial charge in [0.15, 0.2) is 0 Å². The molecule has 1 aliphatic carbocycles. The molecule has 0 radical (unpaired) electrons. The molecule has 1 amide bonds. The fourth-order valence-corrected chi connectivity index (χ4v) is 2.98. The van der Waals surface area contributed by atoms with Crippen molar-refractivity contribution < 1.29 is 13.9 Å². The summed E-state index contributed by atoms with van der Waals surface area (Å²) < 4.78 is 19.0. The number of nitrogens with two attached hydrogens (primary N) is 1. The van der Waals surface area contributed by atoms with Crippen LogP contribution in [0.4, 0.5) is 4.39 Å². The quantitative estimate of drug-likeness (QED) is 0.842. The van der Waals surface area contributed by atoms with Crippen molar-refractivity contribution in [1.82, 2.24) is 5.32 Å². The Morgan fingerprint density at radius 1 is 1.41 bits per heavy atom. The van der Waals surface area contributed by atoms with E-state index in [2.05, 4.69) is 5.32 Å². The number of hydrogen-bond acceptors (Lipinski definition) is 3. The Bertz CT molecular complexity index is 481. The minimum Gasteiger partial charge on any atom is -0.383 e. The Morgan fingerprint density at radius 3 is 2.64 bits per heavy atom. The summed E-state index contributed by atoms with van der Waals surface area (Å²) in [5.74, 6) is -0.312. The Kier molecular flexibility index (Phi) is 7.79. The zero-order chi connectivity index (χ0) is 15.2. The van der Waals surface area contributed by atoms with E-state index in [0.29, 0.717) is 5.56 Å². The number of amides is 1. The molecule has 0 spiro atoms. The maximum Gasteiger partial charge on any atom is 0.239 e. The van der Waals surface area contributed by atoms with Crippen LogP contribution in [0.5, 0.6) is 0 Å². The normalized spacial score (nSPS) is 17.6. The highest BCUT2D eigenvalue weighted by atomic mass is 35.5. The molecule has 2 unspecified atom stereocenters. The van der Waals surface area contributed by atoms with Crippen molar-refractivity contribution in [3.05, 3.63) is 35.6 Å². The molecule has 0 bridgehead atoms. The van der Waals surface area contributed by atoms with E-state index in [-0.39, 0.29) is 42.7 Å². The summed E-state index contributed by atoms with van der Waals surface area (Å²) >= 11 is 0. The standard InChI is InChI=1S/C16H23FN2O2.ClH/c1-21-10-14(18)16(20)19-15(11-6-2-3-7-11)12-8-4-5-9-13(12)17;/h4-5,8-9,11,14-15H,2-3,6-7,10,18H2,1H3,(H,19,20);1H. The van der Waals surface area contributed by atoms with E-state index in [4.69, 9.17) is 10.5 Å². The van der Waals surface area contributed by atoms with E-state index in [1.807, 2.05) is 0 Å². The van der Waals surface area contributed by atoms with Crippen LogP contribution in [-0.4, -0.2) is 25.7 Å². The molecule has 4 nitrogen and oxygen atoms in total. The zero-order valence-corrected chi connectivity index (χ0v) is 13.6. The van der Waals surface area contributed by atoms with Crippen molar-refractivity contribution in [2.75, 3.05) is 13.7 Å². The average Bonchev–Trinajstić information content (AvgIpc) is 2.99. The maximum absolute atomic E-state index is 14.1. The first-order chi connectivity index (χ1) is 10.1. The molecule has 22 heavy (non-hydrogen) atoms. The van der Waals surface area contributed by atoms with Gasteiger partial charge in [0.05, 0.1) is 12.6 Å². The zero-order valence-electron chi connectivity index (χ0n) is 12.8. The summed E-state index contributed by atoms with van der Waals surface area (Å²) in [7, 11) is 1.50. The van der Waals surface area contributed by atoms with E-state index in [0.717, 1.165) is 25.7 Å². The summed E-state index contributed by atoms with van der Waals surface area (Å²) in [5.41, 5.74) is 6.30. The molecule has 2 rings (SSSR count). The molecule has 3 N–H and O–H groups in total. The van der Waals surface area contributed by atoms with Crippen LogP contribution >= 0.6 is 12.4 Å². The topological polar surface area (TPSA) is 64.3 Å². The van der Waals surface area contributed by atoms with Crippen LogP contribution in [0, 0.1) is 11.7 Å². The molecular weight excluding hydrogens is 307 g/mol.